The summed E-state index contributed by atoms with van der Waals surface area (Å²) in [5.74, 6) is 1.06. The van der Waals surface area contributed by atoms with E-state index in [4.69, 9.17) is 0 Å². The third-order valence-electron chi connectivity index (χ3n) is 3.68. The first kappa shape index (κ1) is 15.4. The van der Waals surface area contributed by atoms with Gasteiger partial charge in [0.2, 0.25) is 5.91 Å². The van der Waals surface area contributed by atoms with Gasteiger partial charge in [0, 0.05) is 24.0 Å². The molecule has 0 aromatic rings. The third-order valence-corrected chi connectivity index (χ3v) is 5.19. The fraction of sp³-hybridized carbons (Fsp3) is 0.846. The van der Waals surface area contributed by atoms with Crippen molar-refractivity contribution in [3.8, 4) is 0 Å². The molecule has 6 nitrogen and oxygen atoms in total. The fourth-order valence-electron chi connectivity index (χ4n) is 2.62. The maximum absolute atomic E-state index is 11.5. The van der Waals surface area contributed by atoms with E-state index in [1.54, 1.807) is 0 Å². The molecule has 0 aromatic heterocycles. The molecule has 3 atom stereocenters. The Hall–Kier alpha value is -0.950. The first-order valence-electron chi connectivity index (χ1n) is 7.41. The SMILES string of the molecule is CCCNNC(=O)CCCCC1SCC2NC(=O)NC21. The van der Waals surface area contributed by atoms with E-state index in [0.717, 1.165) is 38.0 Å². The second-order valence-corrected chi connectivity index (χ2v) is 6.61. The lowest BCUT2D eigenvalue weighted by Crippen LogP contribution is -2.37. The van der Waals surface area contributed by atoms with Crippen LogP contribution in [-0.2, 0) is 4.79 Å². The topological polar surface area (TPSA) is 82.3 Å². The lowest BCUT2D eigenvalue weighted by molar-refractivity contribution is -0.122. The van der Waals surface area contributed by atoms with Gasteiger partial charge in [-0.05, 0) is 19.3 Å². The number of amides is 3. The fourth-order valence-corrected chi connectivity index (χ4v) is 4.17. The maximum Gasteiger partial charge on any atom is 0.315 e. The average molecular weight is 300 g/mol. The second-order valence-electron chi connectivity index (χ2n) is 5.34. The summed E-state index contributed by atoms with van der Waals surface area (Å²) >= 11 is 1.92. The number of carbonyl (C=O) groups excluding carboxylic acids is 2. The number of fused-ring (bicyclic) bond motifs is 1. The highest BCUT2D eigenvalue weighted by atomic mass is 32.2. The van der Waals surface area contributed by atoms with Gasteiger partial charge in [-0.2, -0.15) is 11.8 Å². The smallest absolute Gasteiger partial charge is 0.315 e. The lowest BCUT2D eigenvalue weighted by Gasteiger charge is -2.16. The summed E-state index contributed by atoms with van der Waals surface area (Å²) in [6.45, 7) is 2.86. The van der Waals surface area contributed by atoms with Crippen LogP contribution in [-0.4, -0.2) is 41.6 Å². The number of urea groups is 1. The van der Waals surface area contributed by atoms with Crippen LogP contribution in [0.5, 0.6) is 0 Å². The highest BCUT2D eigenvalue weighted by molar-refractivity contribution is 8.00. The van der Waals surface area contributed by atoms with Crippen molar-refractivity contribution in [1.82, 2.24) is 21.5 Å². The summed E-state index contributed by atoms with van der Waals surface area (Å²) < 4.78 is 0. The molecule has 2 saturated heterocycles. The number of hydrogen-bond acceptors (Lipinski definition) is 4. The molecule has 0 aliphatic carbocycles. The molecule has 0 radical (unpaired) electrons. The number of unbranched alkanes of at least 4 members (excludes halogenated alkanes) is 1. The quantitative estimate of drug-likeness (QED) is 0.303. The van der Waals surface area contributed by atoms with Crippen LogP contribution in [0.4, 0.5) is 4.79 Å². The van der Waals surface area contributed by atoms with Gasteiger partial charge in [0.25, 0.3) is 0 Å². The van der Waals surface area contributed by atoms with Crippen molar-refractivity contribution < 1.29 is 9.59 Å². The molecule has 114 valence electrons. The predicted octanol–water partition coefficient (Wildman–Crippen LogP) is 0.743. The Morgan fingerprint density at radius 1 is 1.40 bits per heavy atom. The molecule has 3 amide bonds. The van der Waals surface area contributed by atoms with Gasteiger partial charge in [-0.1, -0.05) is 13.3 Å². The molecular weight excluding hydrogens is 276 g/mol. The number of carbonyl (C=O) groups is 2. The lowest BCUT2D eigenvalue weighted by atomic mass is 10.0. The molecule has 2 rings (SSSR count). The average Bonchev–Trinajstić information content (AvgIpc) is 2.95. The molecule has 20 heavy (non-hydrogen) atoms. The van der Waals surface area contributed by atoms with E-state index in [1.807, 2.05) is 11.8 Å². The van der Waals surface area contributed by atoms with Crippen molar-refractivity contribution in [3.63, 3.8) is 0 Å². The predicted molar refractivity (Wildman–Crippen MR) is 80.4 cm³/mol. The van der Waals surface area contributed by atoms with E-state index in [-0.39, 0.29) is 18.0 Å². The number of nitrogens with one attached hydrogen (secondary N) is 4. The van der Waals surface area contributed by atoms with Crippen molar-refractivity contribution in [2.45, 2.75) is 56.4 Å². The van der Waals surface area contributed by atoms with Crippen LogP contribution < -0.4 is 21.5 Å². The molecule has 4 N–H and O–H groups in total. The summed E-state index contributed by atoms with van der Waals surface area (Å²) in [5, 5.41) is 6.42. The highest BCUT2D eigenvalue weighted by Crippen LogP contribution is 2.33. The van der Waals surface area contributed by atoms with Gasteiger partial charge in [0.05, 0.1) is 12.1 Å². The van der Waals surface area contributed by atoms with Crippen LogP contribution in [0.25, 0.3) is 0 Å². The minimum absolute atomic E-state index is 0.0355. The maximum atomic E-state index is 11.5. The number of hydrogen-bond donors (Lipinski definition) is 4. The van der Waals surface area contributed by atoms with Gasteiger partial charge in [0.15, 0.2) is 0 Å². The Morgan fingerprint density at radius 3 is 3.05 bits per heavy atom. The number of hydrazine groups is 1. The Bertz CT molecular complexity index is 353. The Balaban J connectivity index is 1.55. The van der Waals surface area contributed by atoms with Crippen molar-refractivity contribution in [2.75, 3.05) is 12.3 Å². The van der Waals surface area contributed by atoms with Gasteiger partial charge in [-0.3, -0.25) is 10.2 Å². The van der Waals surface area contributed by atoms with Gasteiger partial charge in [0.1, 0.15) is 0 Å². The Kier molecular flexibility index (Phi) is 5.97. The van der Waals surface area contributed by atoms with E-state index in [9.17, 15) is 9.59 Å². The van der Waals surface area contributed by atoms with Crippen molar-refractivity contribution in [3.05, 3.63) is 0 Å². The number of thioether (sulfide) groups is 1. The van der Waals surface area contributed by atoms with E-state index in [1.165, 1.54) is 0 Å². The summed E-state index contributed by atoms with van der Waals surface area (Å²) in [6, 6.07) is 0.526. The van der Waals surface area contributed by atoms with Crippen molar-refractivity contribution in [2.24, 2.45) is 0 Å². The van der Waals surface area contributed by atoms with Gasteiger partial charge in [-0.25, -0.2) is 10.2 Å². The molecule has 0 bridgehead atoms. The third kappa shape index (κ3) is 4.28. The largest absolute Gasteiger partial charge is 0.332 e. The monoisotopic (exact) mass is 300 g/mol. The first-order valence-corrected chi connectivity index (χ1v) is 8.46. The zero-order valence-electron chi connectivity index (χ0n) is 11.9. The molecule has 2 aliphatic rings. The summed E-state index contributed by atoms with van der Waals surface area (Å²) in [5.41, 5.74) is 5.59. The first-order chi connectivity index (χ1) is 9.70. The van der Waals surface area contributed by atoms with Crippen molar-refractivity contribution >= 4 is 23.7 Å². The minimum Gasteiger partial charge on any atom is -0.332 e. The van der Waals surface area contributed by atoms with E-state index in [2.05, 4.69) is 28.4 Å². The molecule has 7 heteroatoms. The normalized spacial score (nSPS) is 27.9. The Labute approximate surface area is 124 Å². The van der Waals surface area contributed by atoms with Crippen LogP contribution in [0.2, 0.25) is 0 Å². The van der Waals surface area contributed by atoms with E-state index in [0.29, 0.717) is 17.7 Å². The zero-order chi connectivity index (χ0) is 14.4. The zero-order valence-corrected chi connectivity index (χ0v) is 12.7. The van der Waals surface area contributed by atoms with Gasteiger partial charge in [-0.15, -0.1) is 0 Å². The summed E-state index contributed by atoms with van der Waals surface area (Å²) in [4.78, 5) is 22.7. The van der Waals surface area contributed by atoms with Crippen molar-refractivity contribution in [1.29, 1.82) is 0 Å². The molecule has 0 aromatic carbocycles. The van der Waals surface area contributed by atoms with E-state index < -0.39 is 0 Å². The molecule has 3 unspecified atom stereocenters. The number of rotatable bonds is 8. The van der Waals surface area contributed by atoms with Crippen LogP contribution in [0.1, 0.15) is 39.0 Å². The second kappa shape index (κ2) is 7.73. The molecular formula is C13H24N4O2S. The van der Waals surface area contributed by atoms with Crippen LogP contribution in [0.15, 0.2) is 0 Å². The molecule has 2 fully saturated rings. The summed E-state index contributed by atoms with van der Waals surface area (Å²) in [7, 11) is 0. The van der Waals surface area contributed by atoms with Crippen LogP contribution >= 0.6 is 11.8 Å². The minimum atomic E-state index is -0.0355. The standard InChI is InChI=1S/C13H24N4O2S/c1-2-7-14-17-11(18)6-4-3-5-10-12-9(8-20-10)15-13(19)16-12/h9-10,12,14H,2-8H2,1H3,(H,17,18)(H2,15,16,19). The molecule has 0 saturated carbocycles. The molecule has 0 spiro atoms. The van der Waals surface area contributed by atoms with Gasteiger partial charge >= 0.3 is 6.03 Å². The highest BCUT2D eigenvalue weighted by Gasteiger charge is 2.42. The van der Waals surface area contributed by atoms with Gasteiger partial charge < -0.3 is 10.6 Å². The summed E-state index contributed by atoms with van der Waals surface area (Å²) in [6.07, 6.45) is 4.55. The molecule has 2 heterocycles. The van der Waals surface area contributed by atoms with Crippen LogP contribution in [0, 0.1) is 0 Å². The van der Waals surface area contributed by atoms with E-state index >= 15 is 0 Å². The molecule has 2 aliphatic heterocycles. The van der Waals surface area contributed by atoms with Crippen LogP contribution in [0.3, 0.4) is 0 Å². The Morgan fingerprint density at radius 2 is 2.25 bits per heavy atom.